The van der Waals surface area contributed by atoms with Crippen molar-refractivity contribution in [2.45, 2.75) is 32.9 Å². The molecule has 2 rings (SSSR count). The van der Waals surface area contributed by atoms with E-state index in [-0.39, 0.29) is 17.7 Å². The second-order valence-corrected chi connectivity index (χ2v) is 6.35. The average molecular weight is 372 g/mol. The van der Waals surface area contributed by atoms with Gasteiger partial charge < -0.3 is 5.32 Å². The lowest BCUT2D eigenvalue weighted by atomic mass is 9.96. The first-order chi connectivity index (χ1) is 8.91. The quantitative estimate of drug-likeness (QED) is 0.810. The van der Waals surface area contributed by atoms with Crippen molar-refractivity contribution in [1.29, 1.82) is 0 Å². The normalized spacial score (nSPS) is 23.7. The second-order valence-electron chi connectivity index (χ2n) is 5.11. The van der Waals surface area contributed by atoms with Crippen LogP contribution < -0.4 is 10.2 Å². The zero-order chi connectivity index (χ0) is 14.2. The number of carbonyl (C=O) groups is 2. The maximum Gasteiger partial charge on any atom is 0.250 e. The molecule has 0 radical (unpaired) electrons. The molecule has 0 bridgehead atoms. The standard InChI is InChI=1S/C14H17IN2O2/c1-8(2)12-13(18)16-9(3)14(19)17(12)11-6-4-5-10(15)7-11/h4-9,12H,1-3H3,(H,16,18). The van der Waals surface area contributed by atoms with Crippen molar-refractivity contribution in [2.24, 2.45) is 5.92 Å². The Morgan fingerprint density at radius 3 is 2.58 bits per heavy atom. The maximum absolute atomic E-state index is 12.4. The molecular formula is C14H17IN2O2. The molecular weight excluding hydrogens is 355 g/mol. The van der Waals surface area contributed by atoms with E-state index in [0.717, 1.165) is 9.26 Å². The van der Waals surface area contributed by atoms with Gasteiger partial charge in [-0.3, -0.25) is 14.5 Å². The lowest BCUT2D eigenvalue weighted by Gasteiger charge is -2.39. The van der Waals surface area contributed by atoms with Gasteiger partial charge in [0.1, 0.15) is 12.1 Å². The summed E-state index contributed by atoms with van der Waals surface area (Å²) < 4.78 is 1.05. The number of halogens is 1. The largest absolute Gasteiger partial charge is 0.343 e. The molecule has 5 heteroatoms. The first kappa shape index (κ1) is 14.3. The van der Waals surface area contributed by atoms with Crippen LogP contribution in [0.2, 0.25) is 0 Å². The number of benzene rings is 1. The van der Waals surface area contributed by atoms with Gasteiger partial charge in [-0.2, -0.15) is 0 Å². The Morgan fingerprint density at radius 1 is 1.32 bits per heavy atom. The number of hydrogen-bond acceptors (Lipinski definition) is 2. The molecule has 1 aromatic rings. The molecule has 19 heavy (non-hydrogen) atoms. The van der Waals surface area contributed by atoms with Gasteiger partial charge in [-0.25, -0.2) is 0 Å². The van der Waals surface area contributed by atoms with Gasteiger partial charge >= 0.3 is 0 Å². The van der Waals surface area contributed by atoms with E-state index in [1.165, 1.54) is 0 Å². The predicted octanol–water partition coefficient (Wildman–Crippen LogP) is 2.17. The van der Waals surface area contributed by atoms with Crippen molar-refractivity contribution in [2.75, 3.05) is 4.90 Å². The lowest BCUT2D eigenvalue weighted by molar-refractivity contribution is -0.134. The molecule has 2 amide bonds. The van der Waals surface area contributed by atoms with Gasteiger partial charge in [-0.15, -0.1) is 0 Å². The molecule has 1 aromatic carbocycles. The Labute approximate surface area is 126 Å². The molecule has 0 aromatic heterocycles. The van der Waals surface area contributed by atoms with E-state index in [0.29, 0.717) is 0 Å². The van der Waals surface area contributed by atoms with Crippen molar-refractivity contribution in [3.05, 3.63) is 27.8 Å². The fourth-order valence-electron chi connectivity index (χ4n) is 2.34. The zero-order valence-corrected chi connectivity index (χ0v) is 13.3. The molecule has 2 atom stereocenters. The third-order valence-electron chi connectivity index (χ3n) is 3.23. The molecule has 1 N–H and O–H groups in total. The number of piperazine rings is 1. The van der Waals surface area contributed by atoms with E-state index in [4.69, 9.17) is 0 Å². The molecule has 1 saturated heterocycles. The third kappa shape index (κ3) is 2.75. The van der Waals surface area contributed by atoms with E-state index in [9.17, 15) is 9.59 Å². The van der Waals surface area contributed by atoms with Gasteiger partial charge in [-0.1, -0.05) is 19.9 Å². The van der Waals surface area contributed by atoms with Crippen LogP contribution >= 0.6 is 22.6 Å². The molecule has 2 unspecified atom stereocenters. The number of nitrogens with zero attached hydrogens (tertiary/aromatic N) is 1. The van der Waals surface area contributed by atoms with E-state index >= 15 is 0 Å². The van der Waals surface area contributed by atoms with Crippen molar-refractivity contribution in [3.8, 4) is 0 Å². The minimum Gasteiger partial charge on any atom is -0.343 e. The molecule has 102 valence electrons. The Balaban J connectivity index is 2.47. The Hall–Kier alpha value is -1.11. The van der Waals surface area contributed by atoms with Gasteiger partial charge in [-0.05, 0) is 53.6 Å². The lowest BCUT2D eigenvalue weighted by Crippen LogP contribution is -2.64. The van der Waals surface area contributed by atoms with Crippen molar-refractivity contribution >= 4 is 40.1 Å². The molecule has 1 fully saturated rings. The highest BCUT2D eigenvalue weighted by atomic mass is 127. The Bertz CT molecular complexity index is 516. The van der Waals surface area contributed by atoms with Crippen molar-refractivity contribution in [3.63, 3.8) is 0 Å². The molecule has 1 aliphatic heterocycles. The van der Waals surface area contributed by atoms with E-state index in [1.807, 2.05) is 38.1 Å². The number of nitrogens with one attached hydrogen (secondary N) is 1. The number of rotatable bonds is 2. The molecule has 4 nitrogen and oxygen atoms in total. The van der Waals surface area contributed by atoms with Crippen LogP contribution in [0.4, 0.5) is 5.69 Å². The SMILES string of the molecule is CC1NC(=O)C(C(C)C)N(c2cccc(I)c2)C1=O. The summed E-state index contributed by atoms with van der Waals surface area (Å²) in [6, 6.07) is 6.76. The number of amides is 2. The van der Waals surface area contributed by atoms with Crippen LogP contribution in [0, 0.1) is 9.49 Å². The number of hydrogen-bond donors (Lipinski definition) is 1. The monoisotopic (exact) mass is 372 g/mol. The van der Waals surface area contributed by atoms with Crippen LogP contribution in [0.25, 0.3) is 0 Å². The summed E-state index contributed by atoms with van der Waals surface area (Å²) in [6.07, 6.45) is 0. The Morgan fingerprint density at radius 2 is 2.00 bits per heavy atom. The summed E-state index contributed by atoms with van der Waals surface area (Å²) in [4.78, 5) is 26.2. The molecule has 0 aliphatic carbocycles. The summed E-state index contributed by atoms with van der Waals surface area (Å²) in [6.45, 7) is 5.63. The number of anilines is 1. The summed E-state index contributed by atoms with van der Waals surface area (Å²) in [5.74, 6) is -0.0735. The number of carbonyl (C=O) groups excluding carboxylic acids is 2. The van der Waals surface area contributed by atoms with Gasteiger partial charge in [0.25, 0.3) is 0 Å². The minimum absolute atomic E-state index is 0.0553. The maximum atomic E-state index is 12.4. The van der Waals surface area contributed by atoms with Crippen LogP contribution in [0.5, 0.6) is 0 Å². The van der Waals surface area contributed by atoms with Gasteiger partial charge in [0.2, 0.25) is 11.8 Å². The summed E-state index contributed by atoms with van der Waals surface area (Å²) >= 11 is 2.21. The fraction of sp³-hybridized carbons (Fsp3) is 0.429. The highest BCUT2D eigenvalue weighted by Gasteiger charge is 2.40. The molecule has 0 saturated carbocycles. The molecule has 1 aliphatic rings. The predicted molar refractivity (Wildman–Crippen MR) is 82.9 cm³/mol. The molecule has 1 heterocycles. The van der Waals surface area contributed by atoms with Crippen LogP contribution in [0.3, 0.4) is 0 Å². The topological polar surface area (TPSA) is 49.4 Å². The Kier molecular flexibility index (Phi) is 4.13. The van der Waals surface area contributed by atoms with Crippen LogP contribution in [0.15, 0.2) is 24.3 Å². The summed E-state index contributed by atoms with van der Waals surface area (Å²) in [7, 11) is 0. The van der Waals surface area contributed by atoms with E-state index in [1.54, 1.807) is 11.8 Å². The van der Waals surface area contributed by atoms with Crippen LogP contribution in [-0.2, 0) is 9.59 Å². The minimum atomic E-state index is -0.472. The van der Waals surface area contributed by atoms with Gasteiger partial charge in [0, 0.05) is 9.26 Å². The zero-order valence-electron chi connectivity index (χ0n) is 11.2. The third-order valence-corrected chi connectivity index (χ3v) is 3.90. The van der Waals surface area contributed by atoms with Gasteiger partial charge in [0.15, 0.2) is 0 Å². The van der Waals surface area contributed by atoms with Gasteiger partial charge in [0.05, 0.1) is 0 Å². The fourth-order valence-corrected chi connectivity index (χ4v) is 2.86. The first-order valence-corrected chi connectivity index (χ1v) is 7.38. The second kappa shape index (κ2) is 5.48. The first-order valence-electron chi connectivity index (χ1n) is 6.31. The van der Waals surface area contributed by atoms with E-state index < -0.39 is 12.1 Å². The average Bonchev–Trinajstić information content (AvgIpc) is 2.32. The highest BCUT2D eigenvalue weighted by Crippen LogP contribution is 2.26. The van der Waals surface area contributed by atoms with Crippen LogP contribution in [0.1, 0.15) is 20.8 Å². The van der Waals surface area contributed by atoms with Crippen LogP contribution in [-0.4, -0.2) is 23.9 Å². The highest BCUT2D eigenvalue weighted by molar-refractivity contribution is 14.1. The van der Waals surface area contributed by atoms with Crippen molar-refractivity contribution in [1.82, 2.24) is 5.32 Å². The molecule has 0 spiro atoms. The summed E-state index contributed by atoms with van der Waals surface area (Å²) in [5.41, 5.74) is 0.789. The van der Waals surface area contributed by atoms with Crippen molar-refractivity contribution < 1.29 is 9.59 Å². The van der Waals surface area contributed by atoms with E-state index in [2.05, 4.69) is 27.9 Å². The summed E-state index contributed by atoms with van der Waals surface area (Å²) in [5, 5.41) is 2.74. The smallest absolute Gasteiger partial charge is 0.250 e.